The lowest BCUT2D eigenvalue weighted by Crippen LogP contribution is -2.30. The summed E-state index contributed by atoms with van der Waals surface area (Å²) in [5, 5.41) is 5.64. The molecule has 2 aromatic rings. The first kappa shape index (κ1) is 19.4. The Kier molecular flexibility index (Phi) is 7.61. The minimum atomic E-state index is -0.243. The number of carbonyl (C=O) groups excluding carboxylic acids is 1. The molecule has 0 fully saturated rings. The van der Waals surface area contributed by atoms with Crippen LogP contribution in [0.15, 0.2) is 42.5 Å². The predicted octanol–water partition coefficient (Wildman–Crippen LogP) is 3.86. The summed E-state index contributed by atoms with van der Waals surface area (Å²) >= 11 is 0. The molecule has 6 heteroatoms. The van der Waals surface area contributed by atoms with E-state index in [1.807, 2.05) is 56.3 Å². The highest BCUT2D eigenvalue weighted by Gasteiger charge is 2.06. The van der Waals surface area contributed by atoms with Crippen LogP contribution in [0, 0.1) is 0 Å². The Hall–Kier alpha value is -2.89. The van der Waals surface area contributed by atoms with Gasteiger partial charge < -0.3 is 24.8 Å². The van der Waals surface area contributed by atoms with Gasteiger partial charge in [-0.15, -0.1) is 0 Å². The van der Waals surface area contributed by atoms with Gasteiger partial charge in [0.25, 0.3) is 0 Å². The van der Waals surface area contributed by atoms with Crippen LogP contribution in [0.25, 0.3) is 0 Å². The van der Waals surface area contributed by atoms with Crippen LogP contribution in [0.3, 0.4) is 0 Å². The first-order valence-electron chi connectivity index (χ1n) is 8.73. The van der Waals surface area contributed by atoms with Gasteiger partial charge in [-0.2, -0.15) is 0 Å². The predicted molar refractivity (Wildman–Crippen MR) is 102 cm³/mol. The highest BCUT2D eigenvalue weighted by molar-refractivity contribution is 5.89. The van der Waals surface area contributed by atoms with Gasteiger partial charge in [-0.25, -0.2) is 4.79 Å². The van der Waals surface area contributed by atoms with Crippen LogP contribution in [-0.4, -0.2) is 32.9 Å². The fourth-order valence-electron chi connectivity index (χ4n) is 2.44. The van der Waals surface area contributed by atoms with E-state index in [9.17, 15) is 4.79 Å². The Morgan fingerprint density at radius 3 is 2.35 bits per heavy atom. The average molecular weight is 358 g/mol. The average Bonchev–Trinajstić information content (AvgIpc) is 2.65. The molecule has 140 valence electrons. The van der Waals surface area contributed by atoms with Gasteiger partial charge in [0.2, 0.25) is 0 Å². The Morgan fingerprint density at radius 1 is 0.962 bits per heavy atom. The number of rotatable bonds is 9. The molecule has 0 aliphatic carbocycles. The van der Waals surface area contributed by atoms with Crippen molar-refractivity contribution in [3.05, 3.63) is 48.0 Å². The molecule has 0 spiro atoms. The zero-order chi connectivity index (χ0) is 18.8. The molecule has 6 nitrogen and oxygen atoms in total. The van der Waals surface area contributed by atoms with Gasteiger partial charge >= 0.3 is 6.03 Å². The van der Waals surface area contributed by atoms with Gasteiger partial charge in [0, 0.05) is 12.2 Å². The van der Waals surface area contributed by atoms with E-state index in [-0.39, 0.29) is 6.03 Å². The molecule has 0 radical (unpaired) electrons. The lowest BCUT2D eigenvalue weighted by molar-refractivity contribution is 0.252. The van der Waals surface area contributed by atoms with Crippen molar-refractivity contribution in [3.63, 3.8) is 0 Å². The molecule has 0 atom stereocenters. The summed E-state index contributed by atoms with van der Waals surface area (Å²) in [5.41, 5.74) is 1.78. The maximum atomic E-state index is 12.0. The third kappa shape index (κ3) is 5.88. The molecule has 0 saturated carbocycles. The van der Waals surface area contributed by atoms with Crippen LogP contribution in [0.4, 0.5) is 10.5 Å². The monoisotopic (exact) mass is 358 g/mol. The number of methoxy groups -OCH3 is 1. The number of hydrogen-bond donors (Lipinski definition) is 2. The second kappa shape index (κ2) is 10.2. The van der Waals surface area contributed by atoms with Crippen LogP contribution in [0.2, 0.25) is 0 Å². The Bertz CT molecular complexity index is 701. The van der Waals surface area contributed by atoms with E-state index in [0.29, 0.717) is 37.6 Å². The fraction of sp³-hybridized carbons (Fsp3) is 0.350. The standard InChI is InChI=1S/C20H26N2O4/c1-4-25-17-9-7-16(8-10-17)22-20(23)21-13-12-15-6-11-18(26-5-2)19(14-15)24-3/h6-11,14H,4-5,12-13H2,1-3H3,(H2,21,22,23). The molecule has 0 aliphatic rings. The number of nitrogens with one attached hydrogen (secondary N) is 2. The van der Waals surface area contributed by atoms with Gasteiger partial charge in [-0.05, 0) is 62.2 Å². The molecule has 2 amide bonds. The van der Waals surface area contributed by atoms with Gasteiger partial charge in [0.15, 0.2) is 11.5 Å². The number of hydrogen-bond acceptors (Lipinski definition) is 4. The third-order valence-corrected chi connectivity index (χ3v) is 3.65. The number of benzene rings is 2. The van der Waals surface area contributed by atoms with Crippen molar-refractivity contribution in [2.45, 2.75) is 20.3 Å². The highest BCUT2D eigenvalue weighted by atomic mass is 16.5. The van der Waals surface area contributed by atoms with Gasteiger partial charge in [0.1, 0.15) is 5.75 Å². The Labute approximate surface area is 154 Å². The summed E-state index contributed by atoms with van der Waals surface area (Å²) in [6, 6.07) is 12.8. The Balaban J connectivity index is 1.80. The van der Waals surface area contributed by atoms with Gasteiger partial charge in [-0.3, -0.25) is 0 Å². The van der Waals surface area contributed by atoms with Crippen LogP contribution in [0.5, 0.6) is 17.2 Å². The van der Waals surface area contributed by atoms with Gasteiger partial charge in [0.05, 0.1) is 20.3 Å². The van der Waals surface area contributed by atoms with Crippen molar-refractivity contribution < 1.29 is 19.0 Å². The highest BCUT2D eigenvalue weighted by Crippen LogP contribution is 2.28. The van der Waals surface area contributed by atoms with Crippen LogP contribution in [0.1, 0.15) is 19.4 Å². The summed E-state index contributed by atoms with van der Waals surface area (Å²) in [5.74, 6) is 2.20. The quantitative estimate of drug-likeness (QED) is 0.714. The summed E-state index contributed by atoms with van der Waals surface area (Å²) in [4.78, 5) is 12.0. The SMILES string of the molecule is CCOc1ccc(NC(=O)NCCc2ccc(OCC)c(OC)c2)cc1. The third-order valence-electron chi connectivity index (χ3n) is 3.65. The lowest BCUT2D eigenvalue weighted by Gasteiger charge is -2.12. The summed E-state index contributed by atoms with van der Waals surface area (Å²) in [7, 11) is 1.62. The first-order valence-corrected chi connectivity index (χ1v) is 8.73. The molecule has 2 N–H and O–H groups in total. The van der Waals surface area contributed by atoms with Crippen molar-refractivity contribution in [1.82, 2.24) is 5.32 Å². The minimum absolute atomic E-state index is 0.243. The number of anilines is 1. The van der Waals surface area contributed by atoms with E-state index >= 15 is 0 Å². The second-order valence-electron chi connectivity index (χ2n) is 5.51. The van der Waals surface area contributed by atoms with E-state index in [4.69, 9.17) is 14.2 Å². The summed E-state index contributed by atoms with van der Waals surface area (Å²) < 4.78 is 16.2. The first-order chi connectivity index (χ1) is 12.7. The smallest absolute Gasteiger partial charge is 0.319 e. The van der Waals surface area contributed by atoms with Crippen LogP contribution >= 0.6 is 0 Å². The number of urea groups is 1. The van der Waals surface area contributed by atoms with E-state index in [1.54, 1.807) is 7.11 Å². The normalized spacial score (nSPS) is 10.1. The molecular weight excluding hydrogens is 332 g/mol. The topological polar surface area (TPSA) is 68.8 Å². The minimum Gasteiger partial charge on any atom is -0.494 e. The van der Waals surface area contributed by atoms with E-state index in [1.165, 1.54) is 0 Å². The molecule has 0 heterocycles. The fourth-order valence-corrected chi connectivity index (χ4v) is 2.44. The van der Waals surface area contributed by atoms with Crippen LogP contribution < -0.4 is 24.8 Å². The number of amides is 2. The molecule has 0 bridgehead atoms. The largest absolute Gasteiger partial charge is 0.494 e. The molecule has 0 unspecified atom stereocenters. The number of ether oxygens (including phenoxy) is 3. The maximum absolute atomic E-state index is 12.0. The second-order valence-corrected chi connectivity index (χ2v) is 5.51. The Morgan fingerprint density at radius 2 is 1.69 bits per heavy atom. The van der Waals surface area contributed by atoms with Gasteiger partial charge in [-0.1, -0.05) is 6.07 Å². The molecule has 0 aliphatic heterocycles. The molecule has 0 saturated heterocycles. The van der Waals surface area contributed by atoms with Crippen molar-refractivity contribution in [3.8, 4) is 17.2 Å². The van der Waals surface area contributed by atoms with E-state index in [0.717, 1.165) is 17.1 Å². The zero-order valence-electron chi connectivity index (χ0n) is 15.5. The van der Waals surface area contributed by atoms with E-state index < -0.39 is 0 Å². The van der Waals surface area contributed by atoms with Crippen molar-refractivity contribution in [2.24, 2.45) is 0 Å². The molecule has 2 aromatic carbocycles. The lowest BCUT2D eigenvalue weighted by atomic mass is 10.1. The van der Waals surface area contributed by atoms with Crippen molar-refractivity contribution >= 4 is 11.7 Å². The number of carbonyl (C=O) groups is 1. The van der Waals surface area contributed by atoms with Crippen molar-refractivity contribution in [1.29, 1.82) is 0 Å². The maximum Gasteiger partial charge on any atom is 0.319 e. The molecule has 26 heavy (non-hydrogen) atoms. The zero-order valence-corrected chi connectivity index (χ0v) is 15.5. The summed E-state index contributed by atoms with van der Waals surface area (Å²) in [6.07, 6.45) is 0.694. The molecular formula is C20H26N2O4. The van der Waals surface area contributed by atoms with Crippen molar-refractivity contribution in [2.75, 3.05) is 32.2 Å². The molecule has 0 aromatic heterocycles. The van der Waals surface area contributed by atoms with Crippen LogP contribution in [-0.2, 0) is 6.42 Å². The molecule has 2 rings (SSSR count). The summed E-state index contributed by atoms with van der Waals surface area (Å²) in [6.45, 7) is 5.58. The van der Waals surface area contributed by atoms with E-state index in [2.05, 4.69) is 10.6 Å².